The number of nitrogens with zero attached hydrogens (tertiary/aromatic N) is 3. The van der Waals surface area contributed by atoms with Crippen molar-refractivity contribution >= 4 is 5.82 Å². The van der Waals surface area contributed by atoms with Crippen molar-refractivity contribution in [1.29, 1.82) is 0 Å². The summed E-state index contributed by atoms with van der Waals surface area (Å²) in [7, 11) is 0. The summed E-state index contributed by atoms with van der Waals surface area (Å²) in [6.07, 6.45) is 2.37. The van der Waals surface area contributed by atoms with Gasteiger partial charge in [-0.05, 0) is 37.8 Å². The van der Waals surface area contributed by atoms with Crippen molar-refractivity contribution in [2.75, 3.05) is 11.4 Å². The molecule has 0 bridgehead atoms. The predicted molar refractivity (Wildman–Crippen MR) is 85.2 cm³/mol. The zero-order valence-electron chi connectivity index (χ0n) is 12.7. The first-order valence-electron chi connectivity index (χ1n) is 7.56. The summed E-state index contributed by atoms with van der Waals surface area (Å²) in [6.45, 7) is 5.61. The largest absolute Gasteiger partial charge is 0.349 e. The lowest BCUT2D eigenvalue weighted by atomic mass is 9.99. The Morgan fingerprint density at radius 3 is 2.81 bits per heavy atom. The topological polar surface area (TPSA) is 55.0 Å². The molecule has 2 aromatic rings. The molecule has 1 fully saturated rings. The standard InChI is InChI=1S/C17H22N4/c1-12-6-3-4-7-15(12)16-8-5-9-21(16)17-10-14(11-18)19-13(2)20-17/h3-4,6-7,10,16H,5,8-9,11,18H2,1-2H3. The van der Waals surface area contributed by atoms with Gasteiger partial charge in [0.25, 0.3) is 0 Å². The van der Waals surface area contributed by atoms with E-state index in [0.29, 0.717) is 12.6 Å². The summed E-state index contributed by atoms with van der Waals surface area (Å²) in [4.78, 5) is 11.4. The molecule has 1 unspecified atom stereocenters. The molecule has 1 aliphatic rings. The van der Waals surface area contributed by atoms with Gasteiger partial charge >= 0.3 is 0 Å². The molecule has 4 nitrogen and oxygen atoms in total. The first-order valence-corrected chi connectivity index (χ1v) is 7.56. The van der Waals surface area contributed by atoms with Gasteiger partial charge in [-0.25, -0.2) is 9.97 Å². The molecule has 0 amide bonds. The maximum absolute atomic E-state index is 5.75. The van der Waals surface area contributed by atoms with Gasteiger partial charge in [0, 0.05) is 19.2 Å². The lowest BCUT2D eigenvalue weighted by molar-refractivity contribution is 0.702. The second-order valence-electron chi connectivity index (χ2n) is 5.68. The van der Waals surface area contributed by atoms with Crippen LogP contribution in [0, 0.1) is 13.8 Å². The van der Waals surface area contributed by atoms with E-state index in [1.807, 2.05) is 13.0 Å². The minimum Gasteiger partial charge on any atom is -0.349 e. The maximum atomic E-state index is 5.75. The number of aromatic nitrogens is 2. The number of hydrogen-bond acceptors (Lipinski definition) is 4. The maximum Gasteiger partial charge on any atom is 0.133 e. The van der Waals surface area contributed by atoms with Crippen LogP contribution in [0.3, 0.4) is 0 Å². The highest BCUT2D eigenvalue weighted by molar-refractivity contribution is 5.46. The fraction of sp³-hybridized carbons (Fsp3) is 0.412. The van der Waals surface area contributed by atoms with Crippen molar-refractivity contribution in [3.8, 4) is 0 Å². The molecule has 0 spiro atoms. The summed E-state index contributed by atoms with van der Waals surface area (Å²) in [5.41, 5.74) is 9.41. The van der Waals surface area contributed by atoms with Crippen LogP contribution in [0.25, 0.3) is 0 Å². The average Bonchev–Trinajstić information content (AvgIpc) is 2.96. The molecule has 110 valence electrons. The normalized spacial score (nSPS) is 18.2. The quantitative estimate of drug-likeness (QED) is 0.940. The molecule has 2 heterocycles. The second kappa shape index (κ2) is 5.82. The highest BCUT2D eigenvalue weighted by Gasteiger charge is 2.28. The Kier molecular flexibility index (Phi) is 3.88. The van der Waals surface area contributed by atoms with Crippen LogP contribution >= 0.6 is 0 Å². The summed E-state index contributed by atoms with van der Waals surface area (Å²) >= 11 is 0. The minimum atomic E-state index is 0.408. The highest BCUT2D eigenvalue weighted by atomic mass is 15.2. The molecule has 21 heavy (non-hydrogen) atoms. The van der Waals surface area contributed by atoms with Crippen LogP contribution in [0.5, 0.6) is 0 Å². The highest BCUT2D eigenvalue weighted by Crippen LogP contribution is 2.36. The van der Waals surface area contributed by atoms with Crippen LogP contribution in [-0.4, -0.2) is 16.5 Å². The van der Waals surface area contributed by atoms with E-state index in [9.17, 15) is 0 Å². The molecule has 1 saturated heterocycles. The Morgan fingerprint density at radius 1 is 1.24 bits per heavy atom. The van der Waals surface area contributed by atoms with E-state index in [4.69, 9.17) is 5.73 Å². The van der Waals surface area contributed by atoms with Gasteiger partial charge < -0.3 is 10.6 Å². The summed E-state index contributed by atoms with van der Waals surface area (Å²) in [5.74, 6) is 1.80. The van der Waals surface area contributed by atoms with Crippen LogP contribution < -0.4 is 10.6 Å². The lowest BCUT2D eigenvalue weighted by Gasteiger charge is -2.27. The molecular weight excluding hydrogens is 260 g/mol. The van der Waals surface area contributed by atoms with Crippen LogP contribution in [-0.2, 0) is 6.54 Å². The molecule has 2 N–H and O–H groups in total. The number of aryl methyl sites for hydroxylation is 2. The van der Waals surface area contributed by atoms with E-state index in [1.165, 1.54) is 24.0 Å². The van der Waals surface area contributed by atoms with E-state index in [1.54, 1.807) is 0 Å². The zero-order chi connectivity index (χ0) is 14.8. The fourth-order valence-electron chi connectivity index (χ4n) is 3.19. The van der Waals surface area contributed by atoms with E-state index in [-0.39, 0.29) is 0 Å². The molecule has 1 aromatic heterocycles. The second-order valence-corrected chi connectivity index (χ2v) is 5.68. The van der Waals surface area contributed by atoms with Crippen molar-refractivity contribution in [1.82, 2.24) is 9.97 Å². The summed E-state index contributed by atoms with van der Waals surface area (Å²) < 4.78 is 0. The Morgan fingerprint density at radius 2 is 2.05 bits per heavy atom. The molecule has 1 aromatic carbocycles. The van der Waals surface area contributed by atoms with Gasteiger partial charge in [-0.3, -0.25) is 0 Å². The van der Waals surface area contributed by atoms with Gasteiger partial charge in [0.15, 0.2) is 0 Å². The Bertz CT molecular complexity index is 638. The Hall–Kier alpha value is -1.94. The third-order valence-electron chi connectivity index (χ3n) is 4.18. The monoisotopic (exact) mass is 282 g/mol. The van der Waals surface area contributed by atoms with Gasteiger partial charge in [0.2, 0.25) is 0 Å². The third-order valence-corrected chi connectivity index (χ3v) is 4.18. The van der Waals surface area contributed by atoms with Crippen molar-refractivity contribution in [3.05, 3.63) is 53.0 Å². The summed E-state index contributed by atoms with van der Waals surface area (Å²) in [6, 6.07) is 11.1. The van der Waals surface area contributed by atoms with Gasteiger partial charge in [0.1, 0.15) is 11.6 Å². The molecular formula is C17H22N4. The Balaban J connectivity index is 1.98. The lowest BCUT2D eigenvalue weighted by Crippen LogP contribution is -2.25. The van der Waals surface area contributed by atoms with Crippen LogP contribution in [0.1, 0.15) is 41.5 Å². The number of nitrogens with two attached hydrogens (primary N) is 1. The molecule has 0 saturated carbocycles. The number of anilines is 1. The van der Waals surface area contributed by atoms with E-state index >= 15 is 0 Å². The molecule has 0 radical (unpaired) electrons. The minimum absolute atomic E-state index is 0.408. The number of benzene rings is 1. The predicted octanol–water partition coefficient (Wildman–Crippen LogP) is 2.89. The fourth-order valence-corrected chi connectivity index (χ4v) is 3.19. The zero-order valence-corrected chi connectivity index (χ0v) is 12.7. The van der Waals surface area contributed by atoms with E-state index < -0.39 is 0 Å². The van der Waals surface area contributed by atoms with Crippen LogP contribution in [0.15, 0.2) is 30.3 Å². The van der Waals surface area contributed by atoms with E-state index in [0.717, 1.165) is 23.9 Å². The smallest absolute Gasteiger partial charge is 0.133 e. The van der Waals surface area contributed by atoms with Crippen molar-refractivity contribution in [2.45, 2.75) is 39.3 Å². The Labute approximate surface area is 126 Å². The molecule has 3 rings (SSSR count). The van der Waals surface area contributed by atoms with Gasteiger partial charge in [-0.1, -0.05) is 24.3 Å². The molecule has 4 heteroatoms. The van der Waals surface area contributed by atoms with E-state index in [2.05, 4.69) is 46.1 Å². The number of hydrogen-bond donors (Lipinski definition) is 1. The van der Waals surface area contributed by atoms with Gasteiger partial charge in [-0.2, -0.15) is 0 Å². The first kappa shape index (κ1) is 14.0. The molecule has 1 atom stereocenters. The third kappa shape index (κ3) is 2.76. The van der Waals surface area contributed by atoms with Crippen molar-refractivity contribution < 1.29 is 0 Å². The van der Waals surface area contributed by atoms with Gasteiger partial charge in [0.05, 0.1) is 11.7 Å². The molecule has 0 aliphatic carbocycles. The van der Waals surface area contributed by atoms with Crippen LogP contribution in [0.4, 0.5) is 5.82 Å². The van der Waals surface area contributed by atoms with Crippen molar-refractivity contribution in [3.63, 3.8) is 0 Å². The summed E-state index contributed by atoms with van der Waals surface area (Å²) in [5, 5.41) is 0. The number of rotatable bonds is 3. The first-order chi connectivity index (χ1) is 10.2. The van der Waals surface area contributed by atoms with Crippen LogP contribution in [0.2, 0.25) is 0 Å². The molecule has 1 aliphatic heterocycles. The SMILES string of the molecule is Cc1nc(CN)cc(N2CCCC2c2ccccc2C)n1. The van der Waals surface area contributed by atoms with Crippen molar-refractivity contribution in [2.24, 2.45) is 5.73 Å². The average molecular weight is 282 g/mol. The van der Waals surface area contributed by atoms with Gasteiger partial charge in [-0.15, -0.1) is 0 Å².